The molecule has 0 aliphatic heterocycles. The minimum atomic E-state index is 0. The van der Waals surface area contributed by atoms with Crippen molar-refractivity contribution in [3.63, 3.8) is 0 Å². The molecule has 18 heavy (non-hydrogen) atoms. The average Bonchev–Trinajstić information content (AvgIpc) is 2.26. The highest BCUT2D eigenvalue weighted by molar-refractivity contribution is 14.0. The highest BCUT2D eigenvalue weighted by Gasteiger charge is 2.02. The molecule has 3 N–H and O–H groups in total. The number of guanidine groups is 1. The van der Waals surface area contributed by atoms with Gasteiger partial charge < -0.3 is 11.1 Å². The molecule has 0 fully saturated rings. The minimum absolute atomic E-state index is 0. The highest BCUT2D eigenvalue weighted by Crippen LogP contribution is 2.22. The molecule has 0 aliphatic rings. The Hall–Kier alpha value is -0.430. The van der Waals surface area contributed by atoms with E-state index in [-0.39, 0.29) is 24.0 Å². The molecule has 5 heteroatoms. The molecule has 0 unspecified atom stereocenters. The van der Waals surface area contributed by atoms with Crippen LogP contribution in [-0.2, 0) is 6.54 Å². The van der Waals surface area contributed by atoms with Gasteiger partial charge in [-0.2, -0.15) is 0 Å². The van der Waals surface area contributed by atoms with Crippen molar-refractivity contribution >= 4 is 41.7 Å². The maximum absolute atomic E-state index is 5.78. The van der Waals surface area contributed by atoms with Crippen LogP contribution in [0.3, 0.4) is 0 Å². The molecular weight excluding hydrogens is 357 g/mol. The van der Waals surface area contributed by atoms with Crippen LogP contribution in [0.4, 0.5) is 0 Å². The van der Waals surface area contributed by atoms with Crippen LogP contribution in [0.15, 0.2) is 28.1 Å². The summed E-state index contributed by atoms with van der Waals surface area (Å²) in [6.45, 7) is 6.81. The lowest BCUT2D eigenvalue weighted by atomic mass is 10.1. The van der Waals surface area contributed by atoms with Crippen molar-refractivity contribution in [1.82, 2.24) is 5.32 Å². The van der Waals surface area contributed by atoms with Gasteiger partial charge in [-0.25, -0.2) is 4.99 Å². The first-order chi connectivity index (χ1) is 8.02. The van der Waals surface area contributed by atoms with Crippen LogP contribution in [0.2, 0.25) is 0 Å². The van der Waals surface area contributed by atoms with E-state index < -0.39 is 0 Å². The average molecular weight is 379 g/mol. The Morgan fingerprint density at radius 3 is 2.67 bits per heavy atom. The third-order valence-corrected chi connectivity index (χ3v) is 3.12. The molecule has 0 aliphatic carbocycles. The minimum Gasteiger partial charge on any atom is -0.370 e. The second kappa shape index (κ2) is 8.63. The van der Waals surface area contributed by atoms with Crippen molar-refractivity contribution < 1.29 is 0 Å². The summed E-state index contributed by atoms with van der Waals surface area (Å²) in [6, 6.07) is 6.72. The van der Waals surface area contributed by atoms with Gasteiger partial charge in [-0.1, -0.05) is 12.1 Å². The standard InChI is InChI=1S/C13H21N3S.HI/c1-9(2)16-13(14)15-8-11-6-5-10(3)7-12(11)17-4;/h5-7,9H,8H2,1-4H3,(H3,14,15,16);1H. The van der Waals surface area contributed by atoms with Gasteiger partial charge in [-0.15, -0.1) is 35.7 Å². The van der Waals surface area contributed by atoms with Crippen molar-refractivity contribution in [2.24, 2.45) is 10.7 Å². The number of benzene rings is 1. The lowest BCUT2D eigenvalue weighted by molar-refractivity contribution is 0.723. The number of hydrogen-bond acceptors (Lipinski definition) is 2. The number of rotatable bonds is 4. The van der Waals surface area contributed by atoms with Crippen molar-refractivity contribution in [1.29, 1.82) is 0 Å². The van der Waals surface area contributed by atoms with Gasteiger partial charge in [0.15, 0.2) is 5.96 Å². The Bertz CT molecular complexity index is 405. The van der Waals surface area contributed by atoms with Crippen molar-refractivity contribution in [3.05, 3.63) is 29.3 Å². The Labute approximate surface area is 131 Å². The summed E-state index contributed by atoms with van der Waals surface area (Å²) in [5.74, 6) is 0.507. The number of aliphatic imine (C=N–C) groups is 1. The summed E-state index contributed by atoms with van der Waals surface area (Å²) in [5, 5.41) is 3.08. The zero-order valence-electron chi connectivity index (χ0n) is 11.4. The first-order valence-electron chi connectivity index (χ1n) is 5.73. The second-order valence-corrected chi connectivity index (χ2v) is 5.16. The Kier molecular flexibility index (Phi) is 8.43. The van der Waals surface area contributed by atoms with E-state index in [4.69, 9.17) is 5.73 Å². The first kappa shape index (κ1) is 17.6. The fraction of sp³-hybridized carbons (Fsp3) is 0.462. The topological polar surface area (TPSA) is 50.4 Å². The molecule has 0 radical (unpaired) electrons. The molecule has 3 nitrogen and oxygen atoms in total. The van der Waals surface area contributed by atoms with E-state index in [9.17, 15) is 0 Å². The number of hydrogen-bond donors (Lipinski definition) is 2. The molecular formula is C13H22IN3S. The number of aryl methyl sites for hydroxylation is 1. The maximum atomic E-state index is 5.78. The number of nitrogens with two attached hydrogens (primary N) is 1. The molecule has 0 aromatic heterocycles. The number of nitrogens with zero attached hydrogens (tertiary/aromatic N) is 1. The Morgan fingerprint density at radius 2 is 2.11 bits per heavy atom. The van der Waals surface area contributed by atoms with E-state index in [1.807, 2.05) is 13.8 Å². The molecule has 0 atom stereocenters. The Morgan fingerprint density at radius 1 is 1.44 bits per heavy atom. The van der Waals surface area contributed by atoms with E-state index in [1.54, 1.807) is 11.8 Å². The first-order valence-corrected chi connectivity index (χ1v) is 6.95. The number of halogens is 1. The summed E-state index contributed by atoms with van der Waals surface area (Å²) < 4.78 is 0. The van der Waals surface area contributed by atoms with E-state index in [1.165, 1.54) is 16.0 Å². The lowest BCUT2D eigenvalue weighted by Gasteiger charge is -2.10. The summed E-state index contributed by atoms with van der Waals surface area (Å²) in [6.07, 6.45) is 2.08. The molecule has 0 saturated heterocycles. The van der Waals surface area contributed by atoms with Crippen LogP contribution in [0.5, 0.6) is 0 Å². The van der Waals surface area contributed by atoms with Crippen LogP contribution in [0.25, 0.3) is 0 Å². The van der Waals surface area contributed by atoms with Crippen LogP contribution in [0, 0.1) is 6.92 Å². The van der Waals surface area contributed by atoms with Gasteiger partial charge in [-0.3, -0.25) is 0 Å². The van der Waals surface area contributed by atoms with Gasteiger partial charge in [0.05, 0.1) is 6.54 Å². The molecule has 1 rings (SSSR count). The molecule has 0 saturated carbocycles. The fourth-order valence-electron chi connectivity index (χ4n) is 1.49. The van der Waals surface area contributed by atoms with Crippen LogP contribution in [-0.4, -0.2) is 18.3 Å². The predicted octanol–water partition coefficient (Wildman–Crippen LogP) is 3.15. The van der Waals surface area contributed by atoms with Crippen molar-refractivity contribution in [3.8, 4) is 0 Å². The van der Waals surface area contributed by atoms with Gasteiger partial charge >= 0.3 is 0 Å². The maximum Gasteiger partial charge on any atom is 0.189 e. The summed E-state index contributed by atoms with van der Waals surface area (Å²) >= 11 is 1.74. The van der Waals surface area contributed by atoms with E-state index in [2.05, 4.69) is 41.7 Å². The quantitative estimate of drug-likeness (QED) is 0.366. The smallest absolute Gasteiger partial charge is 0.189 e. The van der Waals surface area contributed by atoms with Gasteiger partial charge in [0.25, 0.3) is 0 Å². The number of thioether (sulfide) groups is 1. The number of nitrogens with one attached hydrogen (secondary N) is 1. The van der Waals surface area contributed by atoms with E-state index >= 15 is 0 Å². The second-order valence-electron chi connectivity index (χ2n) is 4.32. The summed E-state index contributed by atoms with van der Waals surface area (Å²) in [5.41, 5.74) is 8.27. The molecule has 1 aromatic carbocycles. The predicted molar refractivity (Wildman–Crippen MR) is 92.0 cm³/mol. The van der Waals surface area contributed by atoms with E-state index in [0.29, 0.717) is 18.5 Å². The normalized spacial score (nSPS) is 11.3. The van der Waals surface area contributed by atoms with E-state index in [0.717, 1.165) is 0 Å². The van der Waals surface area contributed by atoms with Gasteiger partial charge in [0.1, 0.15) is 0 Å². The highest BCUT2D eigenvalue weighted by atomic mass is 127. The van der Waals surface area contributed by atoms with Crippen molar-refractivity contribution in [2.45, 2.75) is 38.3 Å². The van der Waals surface area contributed by atoms with Crippen molar-refractivity contribution in [2.75, 3.05) is 6.26 Å². The molecule has 0 spiro atoms. The molecule has 102 valence electrons. The van der Waals surface area contributed by atoms with Crippen LogP contribution < -0.4 is 11.1 Å². The van der Waals surface area contributed by atoms with Gasteiger partial charge in [-0.05, 0) is 44.2 Å². The molecule has 0 bridgehead atoms. The lowest BCUT2D eigenvalue weighted by Crippen LogP contribution is -2.36. The summed E-state index contributed by atoms with van der Waals surface area (Å²) in [7, 11) is 0. The van der Waals surface area contributed by atoms with Crippen LogP contribution in [0.1, 0.15) is 25.0 Å². The zero-order chi connectivity index (χ0) is 12.8. The van der Waals surface area contributed by atoms with Gasteiger partial charge in [0, 0.05) is 10.9 Å². The SMILES string of the molecule is CSc1cc(C)ccc1CN=C(N)NC(C)C.I. The largest absolute Gasteiger partial charge is 0.370 e. The zero-order valence-corrected chi connectivity index (χ0v) is 14.5. The van der Waals surface area contributed by atoms with Gasteiger partial charge in [0.2, 0.25) is 0 Å². The fourth-order valence-corrected chi connectivity index (χ4v) is 2.19. The molecule has 0 amide bonds. The van der Waals surface area contributed by atoms with Crippen LogP contribution >= 0.6 is 35.7 Å². The monoisotopic (exact) mass is 379 g/mol. The summed E-state index contributed by atoms with van der Waals surface area (Å²) in [4.78, 5) is 5.61. The molecule has 1 aromatic rings. The Balaban J connectivity index is 0.00000289. The molecule has 0 heterocycles. The third kappa shape index (κ3) is 5.95. The third-order valence-electron chi connectivity index (χ3n) is 2.30.